The van der Waals surface area contributed by atoms with Crippen molar-refractivity contribution in [3.8, 4) is 0 Å². The quantitative estimate of drug-likeness (QED) is 0.898. The first-order chi connectivity index (χ1) is 10.1. The smallest absolute Gasteiger partial charge is 0.223 e. The van der Waals surface area contributed by atoms with Gasteiger partial charge in [0.25, 0.3) is 0 Å². The van der Waals surface area contributed by atoms with Crippen LogP contribution in [0.3, 0.4) is 0 Å². The molecule has 0 aromatic heterocycles. The number of amides is 1. The SMILES string of the molecule is CC1CC(NC(=O)C2CC2c2cccc(F)c2F)CCN1. The molecule has 21 heavy (non-hydrogen) atoms. The van der Waals surface area contributed by atoms with Crippen molar-refractivity contribution >= 4 is 5.91 Å². The normalized spacial score (nSPS) is 31.8. The zero-order valence-corrected chi connectivity index (χ0v) is 12.0. The second kappa shape index (κ2) is 5.72. The Balaban J connectivity index is 1.59. The fourth-order valence-corrected chi connectivity index (χ4v) is 3.21. The van der Waals surface area contributed by atoms with Crippen LogP contribution in [0, 0.1) is 17.6 Å². The third kappa shape index (κ3) is 3.07. The van der Waals surface area contributed by atoms with Crippen molar-refractivity contribution in [1.82, 2.24) is 10.6 Å². The van der Waals surface area contributed by atoms with Gasteiger partial charge in [0.2, 0.25) is 5.91 Å². The second-order valence-electron chi connectivity index (χ2n) is 6.18. The minimum absolute atomic E-state index is 0.0252. The molecule has 2 N–H and O–H groups in total. The van der Waals surface area contributed by atoms with E-state index < -0.39 is 11.6 Å². The van der Waals surface area contributed by atoms with E-state index in [0.717, 1.165) is 25.5 Å². The van der Waals surface area contributed by atoms with Crippen LogP contribution in [0.15, 0.2) is 18.2 Å². The summed E-state index contributed by atoms with van der Waals surface area (Å²) in [5.41, 5.74) is 0.328. The van der Waals surface area contributed by atoms with Crippen LogP contribution in [-0.4, -0.2) is 24.5 Å². The minimum Gasteiger partial charge on any atom is -0.353 e. The van der Waals surface area contributed by atoms with Gasteiger partial charge in [0.05, 0.1) is 0 Å². The monoisotopic (exact) mass is 294 g/mol. The standard InChI is InChI=1S/C16H20F2N2O/c1-9-7-10(5-6-19-9)20-16(21)13-8-12(13)11-3-2-4-14(17)15(11)18/h2-4,9-10,12-13,19H,5-8H2,1H3,(H,20,21). The molecular formula is C16H20F2N2O. The molecule has 1 heterocycles. The lowest BCUT2D eigenvalue weighted by Crippen LogP contribution is -2.47. The van der Waals surface area contributed by atoms with E-state index in [-0.39, 0.29) is 23.8 Å². The lowest BCUT2D eigenvalue weighted by molar-refractivity contribution is -0.123. The molecule has 1 aromatic rings. The number of benzene rings is 1. The number of rotatable bonds is 3. The van der Waals surface area contributed by atoms with Crippen LogP contribution in [0.25, 0.3) is 0 Å². The Morgan fingerprint density at radius 2 is 2.14 bits per heavy atom. The molecule has 1 aliphatic carbocycles. The highest BCUT2D eigenvalue weighted by Gasteiger charge is 2.46. The summed E-state index contributed by atoms with van der Waals surface area (Å²) < 4.78 is 27.0. The molecule has 4 atom stereocenters. The molecule has 1 saturated heterocycles. The Bertz CT molecular complexity index is 549. The predicted molar refractivity (Wildman–Crippen MR) is 75.8 cm³/mol. The van der Waals surface area contributed by atoms with Gasteiger partial charge in [-0.1, -0.05) is 12.1 Å². The van der Waals surface area contributed by atoms with Gasteiger partial charge in [-0.25, -0.2) is 8.78 Å². The minimum atomic E-state index is -0.842. The molecule has 3 rings (SSSR count). The van der Waals surface area contributed by atoms with E-state index in [0.29, 0.717) is 18.0 Å². The van der Waals surface area contributed by atoms with Crippen molar-refractivity contribution in [3.05, 3.63) is 35.4 Å². The number of nitrogens with one attached hydrogen (secondary N) is 2. The molecule has 1 aromatic carbocycles. The van der Waals surface area contributed by atoms with E-state index in [2.05, 4.69) is 17.6 Å². The topological polar surface area (TPSA) is 41.1 Å². The lowest BCUT2D eigenvalue weighted by atomic mass is 10.00. The Morgan fingerprint density at radius 3 is 2.90 bits per heavy atom. The number of piperidine rings is 1. The summed E-state index contributed by atoms with van der Waals surface area (Å²) in [6.45, 7) is 3.00. The highest BCUT2D eigenvalue weighted by atomic mass is 19.2. The molecule has 5 heteroatoms. The van der Waals surface area contributed by atoms with Crippen molar-refractivity contribution in [2.24, 2.45) is 5.92 Å². The van der Waals surface area contributed by atoms with Crippen molar-refractivity contribution in [3.63, 3.8) is 0 Å². The van der Waals surface area contributed by atoms with E-state index in [1.54, 1.807) is 6.07 Å². The van der Waals surface area contributed by atoms with E-state index in [1.165, 1.54) is 6.07 Å². The lowest BCUT2D eigenvalue weighted by Gasteiger charge is -2.28. The number of halogens is 2. The van der Waals surface area contributed by atoms with Crippen LogP contribution in [0.5, 0.6) is 0 Å². The van der Waals surface area contributed by atoms with Crippen LogP contribution in [-0.2, 0) is 4.79 Å². The summed E-state index contributed by atoms with van der Waals surface area (Å²) in [4.78, 5) is 12.2. The molecule has 4 unspecified atom stereocenters. The largest absolute Gasteiger partial charge is 0.353 e. The number of hydrogen-bond donors (Lipinski definition) is 2. The Hall–Kier alpha value is -1.49. The van der Waals surface area contributed by atoms with Gasteiger partial charge >= 0.3 is 0 Å². The zero-order valence-electron chi connectivity index (χ0n) is 12.0. The Labute approximate surface area is 123 Å². The van der Waals surface area contributed by atoms with Gasteiger partial charge in [0.15, 0.2) is 11.6 Å². The molecule has 0 radical (unpaired) electrons. The third-order valence-corrected chi connectivity index (χ3v) is 4.48. The van der Waals surface area contributed by atoms with Gasteiger partial charge in [-0.2, -0.15) is 0 Å². The summed E-state index contributed by atoms with van der Waals surface area (Å²) >= 11 is 0. The van der Waals surface area contributed by atoms with Crippen molar-refractivity contribution in [2.45, 2.75) is 44.2 Å². The summed E-state index contributed by atoms with van der Waals surface area (Å²) in [6, 6.07) is 4.76. The maximum atomic E-state index is 13.7. The van der Waals surface area contributed by atoms with E-state index in [1.807, 2.05) is 0 Å². The molecule has 114 valence electrons. The molecule has 1 amide bonds. The molecule has 3 nitrogen and oxygen atoms in total. The van der Waals surface area contributed by atoms with Crippen LogP contribution in [0.2, 0.25) is 0 Å². The fourth-order valence-electron chi connectivity index (χ4n) is 3.21. The third-order valence-electron chi connectivity index (χ3n) is 4.48. The highest BCUT2D eigenvalue weighted by Crippen LogP contribution is 2.48. The first-order valence-corrected chi connectivity index (χ1v) is 7.54. The molecule has 0 spiro atoms. The summed E-state index contributed by atoms with van der Waals surface area (Å²) in [6.07, 6.45) is 2.44. The van der Waals surface area contributed by atoms with Crippen molar-refractivity contribution < 1.29 is 13.6 Å². The first kappa shape index (κ1) is 14.4. The Morgan fingerprint density at radius 1 is 1.33 bits per heavy atom. The molecule has 0 bridgehead atoms. The average molecular weight is 294 g/mol. The average Bonchev–Trinajstić information content (AvgIpc) is 3.22. The van der Waals surface area contributed by atoms with Gasteiger partial charge in [0, 0.05) is 18.0 Å². The van der Waals surface area contributed by atoms with E-state index >= 15 is 0 Å². The van der Waals surface area contributed by atoms with Gasteiger partial charge in [-0.05, 0) is 50.3 Å². The van der Waals surface area contributed by atoms with Gasteiger partial charge < -0.3 is 10.6 Å². The van der Waals surface area contributed by atoms with E-state index in [9.17, 15) is 13.6 Å². The molecule has 2 aliphatic rings. The van der Waals surface area contributed by atoms with Crippen LogP contribution >= 0.6 is 0 Å². The number of carbonyl (C=O) groups excluding carboxylic acids is 1. The highest BCUT2D eigenvalue weighted by molar-refractivity contribution is 5.83. The first-order valence-electron chi connectivity index (χ1n) is 7.54. The maximum absolute atomic E-state index is 13.7. The fraction of sp³-hybridized carbons (Fsp3) is 0.562. The van der Waals surface area contributed by atoms with Crippen LogP contribution in [0.1, 0.15) is 37.7 Å². The summed E-state index contributed by atoms with van der Waals surface area (Å²) in [7, 11) is 0. The second-order valence-corrected chi connectivity index (χ2v) is 6.18. The summed E-state index contributed by atoms with van der Waals surface area (Å²) in [5.74, 6) is -2.08. The van der Waals surface area contributed by atoms with Gasteiger partial charge in [0.1, 0.15) is 0 Å². The predicted octanol–water partition coefficient (Wildman–Crippen LogP) is 2.32. The number of hydrogen-bond acceptors (Lipinski definition) is 2. The summed E-state index contributed by atoms with van der Waals surface area (Å²) in [5, 5.41) is 6.39. The van der Waals surface area contributed by atoms with Gasteiger partial charge in [-0.15, -0.1) is 0 Å². The number of carbonyl (C=O) groups is 1. The zero-order chi connectivity index (χ0) is 15.0. The molecule has 2 fully saturated rings. The van der Waals surface area contributed by atoms with Crippen LogP contribution < -0.4 is 10.6 Å². The van der Waals surface area contributed by atoms with Crippen LogP contribution in [0.4, 0.5) is 8.78 Å². The maximum Gasteiger partial charge on any atom is 0.223 e. The van der Waals surface area contributed by atoms with Crippen molar-refractivity contribution in [1.29, 1.82) is 0 Å². The van der Waals surface area contributed by atoms with Crippen molar-refractivity contribution in [2.75, 3.05) is 6.54 Å². The molecule has 1 aliphatic heterocycles. The Kier molecular flexibility index (Phi) is 3.93. The van der Waals surface area contributed by atoms with Gasteiger partial charge in [-0.3, -0.25) is 4.79 Å². The van der Waals surface area contributed by atoms with E-state index in [4.69, 9.17) is 0 Å². The molecular weight excluding hydrogens is 274 g/mol. The molecule has 1 saturated carbocycles.